The Bertz CT molecular complexity index is 946. The number of nitrogens with one attached hydrogen (secondary N) is 2. The molecule has 0 spiro atoms. The minimum Gasteiger partial charge on any atom is -0.480 e. The lowest BCUT2D eigenvalue weighted by Crippen LogP contribution is -2.42. The Kier molecular flexibility index (Phi) is 6.80. The zero-order valence-corrected chi connectivity index (χ0v) is 16.8. The number of aromatic nitrogens is 1. The molecule has 0 saturated carbocycles. The number of carboxylic acids is 1. The van der Waals surface area contributed by atoms with Gasteiger partial charge in [-0.25, -0.2) is 4.79 Å². The van der Waals surface area contributed by atoms with E-state index in [1.165, 1.54) is 11.3 Å². The van der Waals surface area contributed by atoms with Gasteiger partial charge in [-0.2, -0.15) is 0 Å². The molecule has 8 heteroatoms. The molecule has 2 aliphatic heterocycles. The molecule has 2 atom stereocenters. The van der Waals surface area contributed by atoms with Gasteiger partial charge in [0.2, 0.25) is 0 Å². The fraction of sp³-hybridized carbons (Fsp3) is 0.200. The zero-order valence-electron chi connectivity index (χ0n) is 15.1. The van der Waals surface area contributed by atoms with Gasteiger partial charge in [0.05, 0.1) is 16.1 Å². The van der Waals surface area contributed by atoms with Crippen LogP contribution in [-0.2, 0) is 9.53 Å². The van der Waals surface area contributed by atoms with Gasteiger partial charge in [-0.15, -0.1) is 22.7 Å². The summed E-state index contributed by atoms with van der Waals surface area (Å²) in [6, 6.07) is 10.0. The molecule has 0 amide bonds. The first-order valence-electron chi connectivity index (χ1n) is 8.61. The molecule has 0 aliphatic carbocycles. The number of aromatic amines is 1. The lowest BCUT2D eigenvalue weighted by Gasteiger charge is -2.20. The number of ether oxygens (including phenoxy) is 1. The molecular weight excluding hydrogens is 396 g/mol. The van der Waals surface area contributed by atoms with Crippen molar-refractivity contribution in [2.75, 3.05) is 6.61 Å². The molecule has 3 rings (SSSR count). The van der Waals surface area contributed by atoms with Gasteiger partial charge in [0.25, 0.3) is 0 Å². The quantitative estimate of drug-likeness (QED) is 0.499. The second-order valence-corrected chi connectivity index (χ2v) is 7.83. The molecule has 1 aromatic carbocycles. The number of hydrogen-bond acceptors (Lipinski definition) is 6. The van der Waals surface area contributed by atoms with Crippen molar-refractivity contribution in [2.24, 2.45) is 0 Å². The molecule has 1 aromatic rings. The van der Waals surface area contributed by atoms with Crippen LogP contribution in [-0.4, -0.2) is 34.7 Å². The Labute approximate surface area is 170 Å². The highest BCUT2D eigenvalue weighted by atomic mass is 32.1. The maximum Gasteiger partial charge on any atom is 0.339 e. The van der Waals surface area contributed by atoms with E-state index < -0.39 is 18.0 Å². The maximum atomic E-state index is 12.4. The first kappa shape index (κ1) is 20.1. The molecule has 6 nitrogen and oxygen atoms in total. The smallest absolute Gasteiger partial charge is 0.339 e. The van der Waals surface area contributed by atoms with Crippen LogP contribution in [0.5, 0.6) is 0 Å². The van der Waals surface area contributed by atoms with E-state index in [0.29, 0.717) is 5.56 Å². The number of benzene rings is 1. The van der Waals surface area contributed by atoms with E-state index in [2.05, 4.69) is 10.3 Å². The van der Waals surface area contributed by atoms with Gasteiger partial charge in [-0.3, -0.25) is 10.1 Å². The number of carboxylic acid groups (broad SMARTS) is 1. The summed E-state index contributed by atoms with van der Waals surface area (Å²) < 4.78 is 5.27. The van der Waals surface area contributed by atoms with Gasteiger partial charge in [0.15, 0.2) is 0 Å². The van der Waals surface area contributed by atoms with E-state index in [0.717, 1.165) is 16.1 Å². The zero-order chi connectivity index (χ0) is 19.9. The van der Waals surface area contributed by atoms with E-state index in [-0.39, 0.29) is 12.6 Å². The average molecular weight is 417 g/mol. The highest BCUT2D eigenvalue weighted by molar-refractivity contribution is 7.16. The van der Waals surface area contributed by atoms with Crippen molar-refractivity contribution < 1.29 is 19.4 Å². The van der Waals surface area contributed by atoms with Gasteiger partial charge in [-0.05, 0) is 18.6 Å². The highest BCUT2D eigenvalue weighted by Crippen LogP contribution is 2.25. The van der Waals surface area contributed by atoms with Crippen LogP contribution in [0, 0.1) is 0 Å². The Morgan fingerprint density at radius 1 is 1.25 bits per heavy atom. The Hall–Kier alpha value is -2.68. The molecular formula is C20H20N2O4S2. The van der Waals surface area contributed by atoms with Crippen LogP contribution in [0.3, 0.4) is 0 Å². The molecule has 0 saturated heterocycles. The number of H-pyrrole nitrogens is 1. The molecule has 0 aromatic heterocycles. The molecule has 0 radical (unpaired) electrons. The summed E-state index contributed by atoms with van der Waals surface area (Å²) in [5.74, 6) is -1.64. The van der Waals surface area contributed by atoms with Crippen molar-refractivity contribution in [3.05, 3.63) is 69.9 Å². The van der Waals surface area contributed by atoms with Gasteiger partial charge in [0.1, 0.15) is 12.6 Å². The van der Waals surface area contributed by atoms with Crippen LogP contribution >= 0.6 is 22.7 Å². The van der Waals surface area contributed by atoms with Crippen LogP contribution in [0.15, 0.2) is 58.7 Å². The molecule has 3 N–H and O–H groups in total. The molecule has 0 bridgehead atoms. The summed E-state index contributed by atoms with van der Waals surface area (Å²) in [5, 5.41) is 18.3. The Morgan fingerprint density at radius 2 is 2.04 bits per heavy atom. The number of aliphatic carboxylic acids is 1. The van der Waals surface area contributed by atoms with Crippen LogP contribution < -0.4 is 5.32 Å². The topological polar surface area (TPSA) is 91.4 Å². The third-order valence-corrected chi connectivity index (χ3v) is 5.82. The van der Waals surface area contributed by atoms with E-state index >= 15 is 0 Å². The predicted octanol–water partition coefficient (Wildman–Crippen LogP) is 4.33. The van der Waals surface area contributed by atoms with E-state index in [9.17, 15) is 14.7 Å². The second kappa shape index (κ2) is 9.50. The van der Waals surface area contributed by atoms with Crippen molar-refractivity contribution >= 4 is 34.6 Å². The third-order valence-electron chi connectivity index (χ3n) is 4.12. The van der Waals surface area contributed by atoms with Crippen molar-refractivity contribution in [2.45, 2.75) is 19.0 Å². The second-order valence-electron chi connectivity index (χ2n) is 6.10. The minimum absolute atomic E-state index is 0.196. The predicted molar refractivity (Wildman–Crippen MR) is 110 cm³/mol. The fourth-order valence-electron chi connectivity index (χ4n) is 2.61. The average Bonchev–Trinajstić information content (AvgIpc) is 2.95. The Balaban J connectivity index is 1.66. The lowest BCUT2D eigenvalue weighted by molar-refractivity contribution is -0.140. The maximum absolute atomic E-state index is 12.4. The highest BCUT2D eigenvalue weighted by Gasteiger charge is 2.23. The fourth-order valence-corrected chi connectivity index (χ4v) is 4.16. The molecule has 0 fully saturated rings. The van der Waals surface area contributed by atoms with Gasteiger partial charge < -0.3 is 14.8 Å². The third kappa shape index (κ3) is 5.19. The number of fused-ring (bicyclic) bond motifs is 1. The number of esters is 1. The van der Waals surface area contributed by atoms with Crippen LogP contribution in [0.25, 0.3) is 10.6 Å². The van der Waals surface area contributed by atoms with Crippen molar-refractivity contribution in [3.63, 3.8) is 0 Å². The van der Waals surface area contributed by atoms with Crippen LogP contribution in [0.2, 0.25) is 0 Å². The monoisotopic (exact) mass is 416 g/mol. The Morgan fingerprint density at radius 3 is 2.79 bits per heavy atom. The number of carbonyl (C=O) groups excluding carboxylic acids is 1. The summed E-state index contributed by atoms with van der Waals surface area (Å²) in [7, 11) is 0. The van der Waals surface area contributed by atoms with E-state index in [1.54, 1.807) is 23.6 Å². The molecule has 2 aliphatic rings. The summed E-state index contributed by atoms with van der Waals surface area (Å²) in [5.41, 5.74) is 2.22. The van der Waals surface area contributed by atoms with Gasteiger partial charge in [0, 0.05) is 28.4 Å². The largest absolute Gasteiger partial charge is 0.480 e. The van der Waals surface area contributed by atoms with E-state index in [1.807, 2.05) is 53.4 Å². The standard InChI is InChI=1S/C20H20N2O4S2/c1-13(14-5-3-2-4-6-14)22-16(19(23)24)11-26-20(25)15-9-18-17(21-10-15)12-27-7-8-28-18/h2-10,12-13,16,21-22H,11H2,1H3,(H,23,24). The first-order valence-corrected chi connectivity index (χ1v) is 10.4. The normalized spacial score (nSPS) is 12.9. The van der Waals surface area contributed by atoms with Crippen molar-refractivity contribution in [1.82, 2.24) is 10.3 Å². The molecule has 2 unspecified atom stereocenters. The number of rotatable bonds is 7. The van der Waals surface area contributed by atoms with Gasteiger partial charge in [-0.1, -0.05) is 30.3 Å². The first-order chi connectivity index (χ1) is 13.5. The van der Waals surface area contributed by atoms with Crippen LogP contribution in [0.4, 0.5) is 0 Å². The van der Waals surface area contributed by atoms with Crippen molar-refractivity contribution in [3.8, 4) is 10.6 Å². The van der Waals surface area contributed by atoms with Crippen LogP contribution in [0.1, 0.15) is 28.9 Å². The van der Waals surface area contributed by atoms with Crippen molar-refractivity contribution in [1.29, 1.82) is 0 Å². The SMILES string of the molecule is CC(NC(COC(=O)c1c[nH]c2csccsc-2c1)C(=O)O)c1ccccc1. The van der Waals surface area contributed by atoms with E-state index in [4.69, 9.17) is 4.74 Å². The number of hydrogen-bond donors (Lipinski definition) is 3. The molecule has 2 heterocycles. The van der Waals surface area contributed by atoms with Gasteiger partial charge >= 0.3 is 11.9 Å². The summed E-state index contributed by atoms with van der Waals surface area (Å²) in [6.07, 6.45) is 1.57. The summed E-state index contributed by atoms with van der Waals surface area (Å²) in [4.78, 5) is 27.9. The number of pyridine rings is 1. The summed E-state index contributed by atoms with van der Waals surface area (Å²) >= 11 is 3.04. The number of carbonyl (C=O) groups is 2. The molecule has 146 valence electrons. The lowest BCUT2D eigenvalue weighted by atomic mass is 10.1. The molecule has 28 heavy (non-hydrogen) atoms. The minimum atomic E-state index is -1.07. The summed E-state index contributed by atoms with van der Waals surface area (Å²) in [6.45, 7) is 1.60.